The van der Waals surface area contributed by atoms with Crippen LogP contribution >= 0.6 is 0 Å². The topological polar surface area (TPSA) is 29.5 Å². The van der Waals surface area contributed by atoms with Gasteiger partial charge in [0.1, 0.15) is 12.4 Å². The van der Waals surface area contributed by atoms with E-state index in [0.29, 0.717) is 13.2 Å². The maximum absolute atomic E-state index is 12.5. The van der Waals surface area contributed by atoms with Crippen molar-refractivity contribution in [3.05, 3.63) is 64.7 Å². The molecular weight excluding hydrogens is 274 g/mol. The number of hydrogen-bond donors (Lipinski definition) is 0. The average Bonchev–Trinajstić information content (AvgIpc) is 2.48. The van der Waals surface area contributed by atoms with Gasteiger partial charge in [0.2, 0.25) is 0 Å². The van der Waals surface area contributed by atoms with Crippen LogP contribution in [0, 0.1) is 20.8 Å². The number of aryl methyl sites for hydroxylation is 3. The lowest BCUT2D eigenvalue weighted by molar-refractivity contribution is 0.0773. The monoisotopic (exact) mass is 297 g/mol. The van der Waals surface area contributed by atoms with Gasteiger partial charge in [-0.2, -0.15) is 0 Å². The van der Waals surface area contributed by atoms with Crippen LogP contribution in [-0.2, 0) is 0 Å². The molecule has 0 aromatic heterocycles. The van der Waals surface area contributed by atoms with E-state index in [0.717, 1.165) is 22.4 Å². The number of hydrogen-bond acceptors (Lipinski definition) is 2. The van der Waals surface area contributed by atoms with E-state index in [1.807, 2.05) is 70.3 Å². The molecule has 0 saturated heterocycles. The second-order valence-electron chi connectivity index (χ2n) is 5.66. The van der Waals surface area contributed by atoms with Crippen molar-refractivity contribution in [2.75, 3.05) is 20.2 Å². The molecule has 2 rings (SSSR count). The number of carbonyl (C=O) groups excluding carboxylic acids is 1. The van der Waals surface area contributed by atoms with Gasteiger partial charge in [-0.25, -0.2) is 0 Å². The number of para-hydroxylation sites is 1. The largest absolute Gasteiger partial charge is 0.491 e. The number of ether oxygens (including phenoxy) is 1. The van der Waals surface area contributed by atoms with Crippen LogP contribution in [0.3, 0.4) is 0 Å². The summed E-state index contributed by atoms with van der Waals surface area (Å²) in [5.41, 5.74) is 4.03. The molecule has 0 N–H and O–H groups in total. The van der Waals surface area contributed by atoms with Crippen molar-refractivity contribution in [1.82, 2.24) is 4.90 Å². The van der Waals surface area contributed by atoms with Crippen molar-refractivity contribution in [2.45, 2.75) is 20.8 Å². The molecular formula is C19H23NO2. The Morgan fingerprint density at radius 3 is 2.45 bits per heavy atom. The number of amides is 1. The molecule has 0 fully saturated rings. The van der Waals surface area contributed by atoms with Crippen LogP contribution in [0.15, 0.2) is 42.5 Å². The highest BCUT2D eigenvalue weighted by molar-refractivity contribution is 5.95. The Morgan fingerprint density at radius 2 is 1.77 bits per heavy atom. The fourth-order valence-electron chi connectivity index (χ4n) is 2.37. The van der Waals surface area contributed by atoms with E-state index in [-0.39, 0.29) is 5.91 Å². The highest BCUT2D eigenvalue weighted by Crippen LogP contribution is 2.16. The number of rotatable bonds is 5. The fourth-order valence-corrected chi connectivity index (χ4v) is 2.37. The summed E-state index contributed by atoms with van der Waals surface area (Å²) in [6.45, 7) is 7.05. The molecule has 0 saturated carbocycles. The molecule has 0 spiro atoms. The zero-order valence-corrected chi connectivity index (χ0v) is 13.7. The maximum atomic E-state index is 12.5. The van der Waals surface area contributed by atoms with Crippen molar-refractivity contribution in [3.63, 3.8) is 0 Å². The first-order valence-corrected chi connectivity index (χ1v) is 7.50. The molecule has 0 bridgehead atoms. The third-order valence-electron chi connectivity index (χ3n) is 3.74. The van der Waals surface area contributed by atoms with Gasteiger partial charge in [-0.05, 0) is 44.0 Å². The molecule has 0 heterocycles. The summed E-state index contributed by atoms with van der Waals surface area (Å²) >= 11 is 0. The van der Waals surface area contributed by atoms with Crippen molar-refractivity contribution in [1.29, 1.82) is 0 Å². The van der Waals surface area contributed by atoms with Crippen LogP contribution in [0.5, 0.6) is 5.75 Å². The third-order valence-corrected chi connectivity index (χ3v) is 3.74. The highest BCUT2D eigenvalue weighted by atomic mass is 16.5. The lowest BCUT2D eigenvalue weighted by atomic mass is 10.0. The van der Waals surface area contributed by atoms with E-state index in [2.05, 4.69) is 0 Å². The van der Waals surface area contributed by atoms with Crippen LogP contribution in [0.2, 0.25) is 0 Å². The molecule has 0 radical (unpaired) electrons. The molecule has 22 heavy (non-hydrogen) atoms. The van der Waals surface area contributed by atoms with Gasteiger partial charge in [-0.3, -0.25) is 4.79 Å². The molecule has 0 aliphatic carbocycles. The van der Waals surface area contributed by atoms with Crippen molar-refractivity contribution in [2.24, 2.45) is 0 Å². The van der Waals surface area contributed by atoms with Gasteiger partial charge in [-0.1, -0.05) is 35.9 Å². The van der Waals surface area contributed by atoms with Gasteiger partial charge < -0.3 is 9.64 Å². The SMILES string of the molecule is Cc1ccc(C(=O)N(C)CCOc2ccccc2C)c(C)c1. The van der Waals surface area contributed by atoms with Crippen molar-refractivity contribution in [3.8, 4) is 5.75 Å². The van der Waals surface area contributed by atoms with Crippen LogP contribution in [-0.4, -0.2) is 31.0 Å². The Morgan fingerprint density at radius 1 is 1.05 bits per heavy atom. The van der Waals surface area contributed by atoms with Gasteiger partial charge in [0.25, 0.3) is 5.91 Å². The fraction of sp³-hybridized carbons (Fsp3) is 0.316. The number of nitrogens with zero attached hydrogens (tertiary/aromatic N) is 1. The zero-order valence-electron chi connectivity index (χ0n) is 13.7. The standard InChI is InChI=1S/C19H23NO2/c1-14-9-10-17(16(3)13-14)19(21)20(4)11-12-22-18-8-6-5-7-15(18)2/h5-10,13H,11-12H2,1-4H3. The summed E-state index contributed by atoms with van der Waals surface area (Å²) in [6, 6.07) is 13.8. The predicted molar refractivity (Wildman–Crippen MR) is 89.6 cm³/mol. The first-order chi connectivity index (χ1) is 10.5. The van der Waals surface area contributed by atoms with E-state index >= 15 is 0 Å². The Balaban J connectivity index is 1.93. The average molecular weight is 297 g/mol. The van der Waals surface area contributed by atoms with E-state index in [9.17, 15) is 4.79 Å². The van der Waals surface area contributed by atoms with Gasteiger partial charge in [0.15, 0.2) is 0 Å². The molecule has 2 aromatic carbocycles. The van der Waals surface area contributed by atoms with E-state index < -0.39 is 0 Å². The molecule has 116 valence electrons. The molecule has 0 aliphatic heterocycles. The van der Waals surface area contributed by atoms with Gasteiger partial charge in [0, 0.05) is 12.6 Å². The molecule has 0 unspecified atom stereocenters. The van der Waals surface area contributed by atoms with Gasteiger partial charge in [0.05, 0.1) is 6.54 Å². The highest BCUT2D eigenvalue weighted by Gasteiger charge is 2.14. The Bertz CT molecular complexity index is 664. The Labute approximate surface area is 132 Å². The van der Waals surface area contributed by atoms with Crippen LogP contribution in [0.4, 0.5) is 0 Å². The van der Waals surface area contributed by atoms with Crippen molar-refractivity contribution >= 4 is 5.91 Å². The van der Waals surface area contributed by atoms with E-state index in [4.69, 9.17) is 4.74 Å². The summed E-state index contributed by atoms with van der Waals surface area (Å²) in [5, 5.41) is 0. The molecule has 0 aliphatic rings. The summed E-state index contributed by atoms with van der Waals surface area (Å²) < 4.78 is 5.75. The van der Waals surface area contributed by atoms with Crippen molar-refractivity contribution < 1.29 is 9.53 Å². The Hall–Kier alpha value is -2.29. The zero-order chi connectivity index (χ0) is 16.1. The normalized spacial score (nSPS) is 10.4. The number of likely N-dealkylation sites (N-methyl/N-ethyl adjacent to an activating group) is 1. The van der Waals surface area contributed by atoms with Crippen LogP contribution in [0.25, 0.3) is 0 Å². The number of benzene rings is 2. The summed E-state index contributed by atoms with van der Waals surface area (Å²) in [5.74, 6) is 0.903. The molecule has 2 aromatic rings. The minimum atomic E-state index is 0.0332. The van der Waals surface area contributed by atoms with E-state index in [1.54, 1.807) is 4.90 Å². The summed E-state index contributed by atoms with van der Waals surface area (Å²) in [7, 11) is 1.81. The smallest absolute Gasteiger partial charge is 0.253 e. The van der Waals surface area contributed by atoms with E-state index in [1.165, 1.54) is 5.56 Å². The Kier molecular flexibility index (Phi) is 5.21. The first kappa shape index (κ1) is 16.1. The summed E-state index contributed by atoms with van der Waals surface area (Å²) in [4.78, 5) is 14.2. The lowest BCUT2D eigenvalue weighted by Crippen LogP contribution is -2.31. The molecule has 3 nitrogen and oxygen atoms in total. The van der Waals surface area contributed by atoms with Crippen LogP contribution in [0.1, 0.15) is 27.0 Å². The molecule has 0 atom stereocenters. The van der Waals surface area contributed by atoms with Gasteiger partial charge in [-0.15, -0.1) is 0 Å². The minimum absolute atomic E-state index is 0.0332. The second kappa shape index (κ2) is 7.12. The van der Waals surface area contributed by atoms with Crippen LogP contribution < -0.4 is 4.74 Å². The maximum Gasteiger partial charge on any atom is 0.253 e. The first-order valence-electron chi connectivity index (χ1n) is 7.50. The molecule has 3 heteroatoms. The van der Waals surface area contributed by atoms with Gasteiger partial charge >= 0.3 is 0 Å². The third kappa shape index (κ3) is 3.88. The lowest BCUT2D eigenvalue weighted by Gasteiger charge is -2.19. The summed E-state index contributed by atoms with van der Waals surface area (Å²) in [6.07, 6.45) is 0. The second-order valence-corrected chi connectivity index (χ2v) is 5.66. The number of carbonyl (C=O) groups is 1. The predicted octanol–water partition coefficient (Wildman–Crippen LogP) is 3.76. The molecule has 1 amide bonds. The quantitative estimate of drug-likeness (QED) is 0.841. The minimum Gasteiger partial charge on any atom is -0.491 e.